The first-order valence-corrected chi connectivity index (χ1v) is 8.67. The summed E-state index contributed by atoms with van der Waals surface area (Å²) in [6.07, 6.45) is 1.38. The molecule has 10 heteroatoms. The molecule has 2 rings (SSSR count). The van der Waals surface area contributed by atoms with Crippen molar-refractivity contribution in [1.29, 1.82) is 0 Å². The molecule has 1 aromatic heterocycles. The maximum absolute atomic E-state index is 11.7. The highest BCUT2D eigenvalue weighted by Crippen LogP contribution is 2.25. The van der Waals surface area contributed by atoms with Gasteiger partial charge in [0, 0.05) is 23.1 Å². The van der Waals surface area contributed by atoms with E-state index in [9.17, 15) is 14.9 Å². The first-order valence-electron chi connectivity index (χ1n) is 6.09. The van der Waals surface area contributed by atoms with Crippen molar-refractivity contribution in [2.24, 2.45) is 5.10 Å². The molecule has 0 aliphatic rings. The van der Waals surface area contributed by atoms with Gasteiger partial charge >= 0.3 is 0 Å². The Bertz CT molecular complexity index is 727. The van der Waals surface area contributed by atoms with Crippen LogP contribution in [0.4, 0.5) is 5.69 Å². The molecule has 7 nitrogen and oxygen atoms in total. The van der Waals surface area contributed by atoms with Crippen molar-refractivity contribution in [3.05, 3.63) is 55.3 Å². The van der Waals surface area contributed by atoms with E-state index in [1.165, 1.54) is 30.1 Å². The highest BCUT2D eigenvalue weighted by atomic mass is 79.9. The number of hydrogen-bond donors (Lipinski definition) is 1. The fourth-order valence-corrected chi connectivity index (χ4v) is 2.74. The summed E-state index contributed by atoms with van der Waals surface area (Å²) < 4.78 is 6.55. The third kappa shape index (κ3) is 5.48. The number of carbonyl (C=O) groups excluding carboxylic acids is 1. The Morgan fingerprint density at radius 2 is 2.09 bits per heavy atom. The van der Waals surface area contributed by atoms with Gasteiger partial charge in [-0.3, -0.25) is 14.9 Å². The zero-order valence-corrected chi connectivity index (χ0v) is 15.4. The average molecular weight is 463 g/mol. The summed E-state index contributed by atoms with van der Waals surface area (Å²) in [5.74, 6) is 0.321. The van der Waals surface area contributed by atoms with E-state index in [2.05, 4.69) is 42.4 Å². The Morgan fingerprint density at radius 1 is 1.39 bits per heavy atom. The van der Waals surface area contributed by atoms with Crippen molar-refractivity contribution in [3.63, 3.8) is 0 Å². The van der Waals surface area contributed by atoms with Crippen LogP contribution in [-0.2, 0) is 4.79 Å². The number of furan rings is 1. The van der Waals surface area contributed by atoms with Crippen LogP contribution in [-0.4, -0.2) is 22.8 Å². The van der Waals surface area contributed by atoms with Gasteiger partial charge in [-0.05, 0) is 44.0 Å². The Balaban J connectivity index is 1.79. The second-order valence-electron chi connectivity index (χ2n) is 4.10. The molecule has 0 aliphatic heterocycles. The molecule has 1 aromatic carbocycles. The van der Waals surface area contributed by atoms with Gasteiger partial charge in [0.05, 0.1) is 21.4 Å². The Hall–Kier alpha value is -1.65. The topological polar surface area (TPSA) is 97.7 Å². The van der Waals surface area contributed by atoms with Crippen molar-refractivity contribution < 1.29 is 14.1 Å². The quantitative estimate of drug-likeness (QED) is 0.303. The minimum atomic E-state index is -0.471. The van der Waals surface area contributed by atoms with Gasteiger partial charge in [-0.25, -0.2) is 5.43 Å². The molecule has 120 valence electrons. The van der Waals surface area contributed by atoms with E-state index >= 15 is 0 Å². The lowest BCUT2D eigenvalue weighted by Crippen LogP contribution is -2.19. The maximum atomic E-state index is 11.7. The Labute approximate surface area is 151 Å². The molecular formula is C13H9Br2N3O4S. The fraction of sp³-hybridized carbons (Fsp3) is 0.0769. The molecular weight excluding hydrogens is 454 g/mol. The lowest BCUT2D eigenvalue weighted by molar-refractivity contribution is -0.384. The average Bonchev–Trinajstić information content (AvgIpc) is 2.84. The Kier molecular flexibility index (Phi) is 6.37. The first kappa shape index (κ1) is 17.7. The number of nitro groups is 1. The van der Waals surface area contributed by atoms with Crippen LogP contribution in [0, 0.1) is 10.1 Å². The van der Waals surface area contributed by atoms with Crippen molar-refractivity contribution >= 4 is 61.4 Å². The summed E-state index contributed by atoms with van der Waals surface area (Å²) in [6.45, 7) is 0. The normalized spacial score (nSPS) is 10.9. The van der Waals surface area contributed by atoms with Gasteiger partial charge in [0.15, 0.2) is 4.67 Å². The van der Waals surface area contributed by atoms with Crippen molar-refractivity contribution in [2.45, 2.75) is 4.90 Å². The van der Waals surface area contributed by atoms with E-state index in [0.717, 1.165) is 9.37 Å². The number of nitrogens with one attached hydrogen (secondary N) is 1. The summed E-state index contributed by atoms with van der Waals surface area (Å²) in [4.78, 5) is 22.5. The number of hydrogen-bond acceptors (Lipinski definition) is 6. The number of benzene rings is 1. The second kappa shape index (κ2) is 8.27. The van der Waals surface area contributed by atoms with Gasteiger partial charge in [-0.1, -0.05) is 0 Å². The van der Waals surface area contributed by atoms with Crippen LogP contribution in [0.15, 0.2) is 53.9 Å². The number of carbonyl (C=O) groups is 1. The monoisotopic (exact) mass is 461 g/mol. The number of nitrogens with zero attached hydrogens (tertiary/aromatic N) is 2. The van der Waals surface area contributed by atoms with E-state index in [0.29, 0.717) is 10.4 Å². The van der Waals surface area contributed by atoms with Crippen molar-refractivity contribution in [3.8, 4) is 0 Å². The predicted octanol–water partition coefficient (Wildman–Crippen LogP) is 3.96. The van der Waals surface area contributed by atoms with Gasteiger partial charge in [0.25, 0.3) is 5.69 Å². The second-order valence-corrected chi connectivity index (χ2v) is 6.73. The molecule has 2 aromatic rings. The van der Waals surface area contributed by atoms with Crippen LogP contribution in [0.3, 0.4) is 0 Å². The summed E-state index contributed by atoms with van der Waals surface area (Å²) in [6, 6.07) is 7.68. The van der Waals surface area contributed by atoms with Crippen molar-refractivity contribution in [1.82, 2.24) is 5.43 Å². The van der Waals surface area contributed by atoms with Crippen LogP contribution < -0.4 is 5.43 Å². The molecule has 0 bridgehead atoms. The summed E-state index contributed by atoms with van der Waals surface area (Å²) in [7, 11) is 0. The lowest BCUT2D eigenvalue weighted by atomic mass is 10.3. The molecule has 0 fully saturated rings. The zero-order valence-electron chi connectivity index (χ0n) is 11.4. The SMILES string of the molecule is O=C(CSc1ccc([N+](=O)[O-])cc1)NN=Cc1cc(Br)c(Br)o1. The van der Waals surface area contributed by atoms with Crippen LogP contribution in [0.1, 0.15) is 5.76 Å². The van der Waals surface area contributed by atoms with Gasteiger partial charge in [0.1, 0.15) is 5.76 Å². The molecule has 0 spiro atoms. The van der Waals surface area contributed by atoms with E-state index in [4.69, 9.17) is 4.42 Å². The zero-order chi connectivity index (χ0) is 16.8. The number of nitro benzene ring substituents is 1. The first-order chi connectivity index (χ1) is 11.0. The van der Waals surface area contributed by atoms with Gasteiger partial charge in [-0.2, -0.15) is 5.10 Å². The van der Waals surface area contributed by atoms with E-state index in [1.807, 2.05) is 0 Å². The largest absolute Gasteiger partial charge is 0.447 e. The standard InChI is InChI=1S/C13H9Br2N3O4S/c14-11-5-9(22-13(11)15)6-16-17-12(19)7-23-10-3-1-8(2-4-10)18(20)21/h1-6H,7H2,(H,17,19). The molecule has 1 amide bonds. The maximum Gasteiger partial charge on any atom is 0.269 e. The summed E-state index contributed by atoms with van der Waals surface area (Å²) >= 11 is 7.71. The third-order valence-corrected chi connectivity index (χ3v) is 5.18. The number of thioether (sulfide) groups is 1. The van der Waals surface area contributed by atoms with E-state index in [-0.39, 0.29) is 17.3 Å². The Morgan fingerprint density at radius 3 is 2.65 bits per heavy atom. The minimum absolute atomic E-state index is 0.0131. The number of hydrazone groups is 1. The molecule has 0 radical (unpaired) electrons. The molecule has 0 atom stereocenters. The molecule has 23 heavy (non-hydrogen) atoms. The molecule has 0 saturated carbocycles. The van der Waals surface area contributed by atoms with Gasteiger partial charge < -0.3 is 4.42 Å². The van der Waals surface area contributed by atoms with Crippen LogP contribution in [0.25, 0.3) is 0 Å². The number of halogens is 2. The van der Waals surface area contributed by atoms with Gasteiger partial charge in [-0.15, -0.1) is 11.8 Å². The van der Waals surface area contributed by atoms with Crippen molar-refractivity contribution in [2.75, 3.05) is 5.75 Å². The summed E-state index contributed by atoms with van der Waals surface area (Å²) in [5, 5.41) is 14.3. The van der Waals surface area contributed by atoms with Crippen LogP contribution in [0.2, 0.25) is 0 Å². The molecule has 1 heterocycles. The number of rotatable bonds is 6. The molecule has 0 unspecified atom stereocenters. The highest BCUT2D eigenvalue weighted by Gasteiger charge is 2.07. The van der Waals surface area contributed by atoms with E-state index in [1.54, 1.807) is 18.2 Å². The lowest BCUT2D eigenvalue weighted by Gasteiger charge is -2.00. The summed E-state index contributed by atoms with van der Waals surface area (Å²) in [5.41, 5.74) is 2.38. The fourth-order valence-electron chi connectivity index (χ4n) is 1.44. The van der Waals surface area contributed by atoms with Crippen LogP contribution in [0.5, 0.6) is 0 Å². The molecule has 0 aliphatic carbocycles. The predicted molar refractivity (Wildman–Crippen MR) is 93.7 cm³/mol. The van der Waals surface area contributed by atoms with Gasteiger partial charge in [0.2, 0.25) is 5.91 Å². The molecule has 0 saturated heterocycles. The smallest absolute Gasteiger partial charge is 0.269 e. The third-order valence-electron chi connectivity index (χ3n) is 2.46. The van der Waals surface area contributed by atoms with Crippen LogP contribution >= 0.6 is 43.6 Å². The number of amides is 1. The highest BCUT2D eigenvalue weighted by molar-refractivity contribution is 9.13. The molecule has 1 N–H and O–H groups in total. The number of non-ortho nitro benzene ring substituents is 1. The van der Waals surface area contributed by atoms with E-state index < -0.39 is 4.92 Å². The minimum Gasteiger partial charge on any atom is -0.447 e.